The predicted molar refractivity (Wildman–Crippen MR) is 64.7 cm³/mol. The number of aldehydes is 1. The van der Waals surface area contributed by atoms with E-state index < -0.39 is 11.6 Å². The van der Waals surface area contributed by atoms with Crippen LogP contribution in [-0.4, -0.2) is 30.4 Å². The van der Waals surface area contributed by atoms with Gasteiger partial charge in [-0.1, -0.05) is 0 Å². The summed E-state index contributed by atoms with van der Waals surface area (Å²) in [6.45, 7) is 4.21. The van der Waals surface area contributed by atoms with Gasteiger partial charge in [0.05, 0.1) is 12.2 Å². The number of benzene rings is 1. The highest BCUT2D eigenvalue weighted by Crippen LogP contribution is 2.50. The fourth-order valence-electron chi connectivity index (χ4n) is 2.36. The van der Waals surface area contributed by atoms with Crippen molar-refractivity contribution in [3.05, 3.63) is 29.6 Å². The second kappa shape index (κ2) is 4.02. The maximum atomic E-state index is 13.2. The molecule has 1 spiro atoms. The van der Waals surface area contributed by atoms with E-state index in [1.54, 1.807) is 0 Å². The molecule has 1 heterocycles. The monoisotopic (exact) mass is 266 g/mol. The molecule has 2 unspecified atom stereocenters. The van der Waals surface area contributed by atoms with Crippen LogP contribution in [0.2, 0.25) is 0 Å². The van der Waals surface area contributed by atoms with E-state index >= 15 is 0 Å². The minimum atomic E-state index is -0.588. The van der Waals surface area contributed by atoms with Crippen LogP contribution in [0.25, 0.3) is 0 Å². The Morgan fingerprint density at radius 3 is 2.89 bits per heavy atom. The van der Waals surface area contributed by atoms with Gasteiger partial charge in [0.1, 0.15) is 23.3 Å². The molecular weight excluding hydrogens is 251 g/mol. The van der Waals surface area contributed by atoms with Gasteiger partial charge in [0.2, 0.25) is 0 Å². The summed E-state index contributed by atoms with van der Waals surface area (Å²) in [5.41, 5.74) is -0.393. The molecule has 0 radical (unpaired) electrons. The van der Waals surface area contributed by atoms with E-state index in [-0.39, 0.29) is 17.3 Å². The molecular formula is C14H15FO4. The minimum Gasteiger partial charge on any atom is -0.487 e. The standard InChI is InChI=1S/C14H15FO4/c1-13(2)17-8-14(19-13)6-12(14)18-10-3-4-11(15)9(5-10)7-16/h3-5,7,12H,6,8H2,1-2H3. The molecule has 2 fully saturated rings. The number of rotatable bonds is 3. The Morgan fingerprint density at radius 2 is 2.26 bits per heavy atom. The van der Waals surface area contributed by atoms with Crippen LogP contribution in [0.15, 0.2) is 18.2 Å². The second-order valence-corrected chi connectivity index (χ2v) is 5.47. The average Bonchev–Trinajstić information content (AvgIpc) is 2.90. The lowest BCUT2D eigenvalue weighted by molar-refractivity contribution is -0.146. The van der Waals surface area contributed by atoms with Gasteiger partial charge >= 0.3 is 0 Å². The van der Waals surface area contributed by atoms with Crippen LogP contribution in [0, 0.1) is 5.82 Å². The lowest BCUT2D eigenvalue weighted by atomic mass is 10.2. The van der Waals surface area contributed by atoms with E-state index in [1.807, 2.05) is 13.8 Å². The summed E-state index contributed by atoms with van der Waals surface area (Å²) in [6, 6.07) is 4.13. The summed E-state index contributed by atoms with van der Waals surface area (Å²) in [7, 11) is 0. The predicted octanol–water partition coefficient (Wildman–Crippen LogP) is 2.31. The number of hydrogen-bond donors (Lipinski definition) is 0. The summed E-state index contributed by atoms with van der Waals surface area (Å²) < 4.78 is 30.3. The van der Waals surface area contributed by atoms with Gasteiger partial charge in [0.25, 0.3) is 0 Å². The second-order valence-electron chi connectivity index (χ2n) is 5.47. The molecule has 1 aliphatic heterocycles. The molecule has 2 aliphatic rings. The molecule has 0 bridgehead atoms. The first-order chi connectivity index (χ1) is 8.94. The third-order valence-corrected chi connectivity index (χ3v) is 3.44. The number of carbonyl (C=O) groups excluding carboxylic acids is 1. The molecule has 0 N–H and O–H groups in total. The van der Waals surface area contributed by atoms with E-state index in [0.29, 0.717) is 18.6 Å². The van der Waals surface area contributed by atoms with Crippen molar-refractivity contribution in [2.24, 2.45) is 0 Å². The first kappa shape index (κ1) is 12.6. The Kier molecular flexibility index (Phi) is 2.66. The van der Waals surface area contributed by atoms with E-state index in [9.17, 15) is 9.18 Å². The Morgan fingerprint density at radius 1 is 1.47 bits per heavy atom. The molecule has 5 heteroatoms. The summed E-state index contributed by atoms with van der Waals surface area (Å²) in [5, 5.41) is 0. The van der Waals surface area contributed by atoms with Gasteiger partial charge in [0.15, 0.2) is 12.1 Å². The molecule has 1 aliphatic carbocycles. The van der Waals surface area contributed by atoms with Gasteiger partial charge in [-0.15, -0.1) is 0 Å². The fraction of sp³-hybridized carbons (Fsp3) is 0.500. The fourth-order valence-corrected chi connectivity index (χ4v) is 2.36. The van der Waals surface area contributed by atoms with E-state index in [4.69, 9.17) is 14.2 Å². The number of carbonyl (C=O) groups is 1. The summed E-state index contributed by atoms with van der Waals surface area (Å²) in [4.78, 5) is 10.7. The number of ether oxygens (including phenoxy) is 3. The van der Waals surface area contributed by atoms with Crippen LogP contribution in [0.3, 0.4) is 0 Å². The number of halogens is 1. The zero-order chi connectivity index (χ0) is 13.7. The molecule has 1 saturated heterocycles. The van der Waals surface area contributed by atoms with Gasteiger partial charge in [-0.25, -0.2) is 4.39 Å². The topological polar surface area (TPSA) is 44.8 Å². The van der Waals surface area contributed by atoms with Crippen molar-refractivity contribution in [2.45, 2.75) is 37.8 Å². The molecule has 1 aromatic carbocycles. The van der Waals surface area contributed by atoms with Gasteiger partial charge < -0.3 is 14.2 Å². The highest BCUT2D eigenvalue weighted by atomic mass is 19.1. The largest absolute Gasteiger partial charge is 0.487 e. The van der Waals surface area contributed by atoms with Gasteiger partial charge in [0, 0.05) is 6.42 Å². The highest BCUT2D eigenvalue weighted by Gasteiger charge is 2.64. The molecule has 4 nitrogen and oxygen atoms in total. The third kappa shape index (κ3) is 2.24. The summed E-state index contributed by atoms with van der Waals surface area (Å²) >= 11 is 0. The van der Waals surface area contributed by atoms with Gasteiger partial charge in [-0.05, 0) is 32.0 Å². The quantitative estimate of drug-likeness (QED) is 0.787. The smallest absolute Gasteiger partial charge is 0.163 e. The van der Waals surface area contributed by atoms with Crippen molar-refractivity contribution in [1.82, 2.24) is 0 Å². The average molecular weight is 266 g/mol. The SMILES string of the molecule is CC1(C)OCC2(CC2Oc2ccc(F)c(C=O)c2)O1. The highest BCUT2D eigenvalue weighted by molar-refractivity contribution is 5.75. The minimum absolute atomic E-state index is 0.00359. The molecule has 19 heavy (non-hydrogen) atoms. The molecule has 1 saturated carbocycles. The van der Waals surface area contributed by atoms with Crippen molar-refractivity contribution in [3.63, 3.8) is 0 Å². The van der Waals surface area contributed by atoms with Crippen LogP contribution in [0.4, 0.5) is 4.39 Å². The van der Waals surface area contributed by atoms with E-state index in [0.717, 1.165) is 6.42 Å². The van der Waals surface area contributed by atoms with Crippen LogP contribution in [0.5, 0.6) is 5.75 Å². The third-order valence-electron chi connectivity index (χ3n) is 3.44. The number of hydrogen-bond acceptors (Lipinski definition) is 4. The molecule has 3 rings (SSSR count). The zero-order valence-electron chi connectivity index (χ0n) is 10.8. The Balaban J connectivity index is 1.70. The van der Waals surface area contributed by atoms with Crippen LogP contribution in [-0.2, 0) is 9.47 Å². The molecule has 102 valence electrons. The first-order valence-corrected chi connectivity index (χ1v) is 6.20. The lowest BCUT2D eigenvalue weighted by Crippen LogP contribution is -2.25. The first-order valence-electron chi connectivity index (χ1n) is 6.20. The van der Waals surface area contributed by atoms with Crippen molar-refractivity contribution in [3.8, 4) is 5.75 Å². The lowest BCUT2D eigenvalue weighted by Gasteiger charge is -2.17. The van der Waals surface area contributed by atoms with Crippen molar-refractivity contribution in [1.29, 1.82) is 0 Å². The summed E-state index contributed by atoms with van der Waals surface area (Å²) in [6.07, 6.45) is 1.10. The maximum Gasteiger partial charge on any atom is 0.163 e. The molecule has 2 atom stereocenters. The van der Waals surface area contributed by atoms with E-state index in [1.165, 1.54) is 18.2 Å². The van der Waals surface area contributed by atoms with Crippen molar-refractivity contribution >= 4 is 6.29 Å². The molecule has 0 aromatic heterocycles. The van der Waals surface area contributed by atoms with Crippen molar-refractivity contribution in [2.75, 3.05) is 6.61 Å². The maximum absolute atomic E-state index is 13.2. The van der Waals surface area contributed by atoms with Crippen LogP contribution >= 0.6 is 0 Å². The normalized spacial score (nSPS) is 31.4. The van der Waals surface area contributed by atoms with Crippen LogP contribution in [0.1, 0.15) is 30.6 Å². The molecule has 0 amide bonds. The van der Waals surface area contributed by atoms with Crippen molar-refractivity contribution < 1.29 is 23.4 Å². The zero-order valence-corrected chi connectivity index (χ0v) is 10.8. The van der Waals surface area contributed by atoms with E-state index in [2.05, 4.69) is 0 Å². The molecule has 1 aromatic rings. The Labute approximate surface area is 110 Å². The van der Waals surface area contributed by atoms with Crippen LogP contribution < -0.4 is 4.74 Å². The van der Waals surface area contributed by atoms with Gasteiger partial charge in [-0.3, -0.25) is 4.79 Å². The Bertz CT molecular complexity index is 528. The van der Waals surface area contributed by atoms with Gasteiger partial charge in [-0.2, -0.15) is 0 Å². The summed E-state index contributed by atoms with van der Waals surface area (Å²) in [5.74, 6) is -0.664. The Hall–Kier alpha value is -1.46.